The van der Waals surface area contributed by atoms with Gasteiger partial charge in [0, 0.05) is 12.6 Å². The Morgan fingerprint density at radius 3 is 2.87 bits per heavy atom. The molecule has 0 spiro atoms. The second-order valence-corrected chi connectivity index (χ2v) is 3.79. The van der Waals surface area contributed by atoms with Crippen LogP contribution in [0.3, 0.4) is 0 Å². The molecular weight excluding hydrogens is 186 g/mol. The van der Waals surface area contributed by atoms with Gasteiger partial charge in [-0.1, -0.05) is 13.0 Å². The minimum absolute atomic E-state index is 0.126. The van der Waals surface area contributed by atoms with Gasteiger partial charge in [0.05, 0.1) is 17.4 Å². The van der Waals surface area contributed by atoms with Gasteiger partial charge in [0.2, 0.25) is 0 Å². The van der Waals surface area contributed by atoms with Gasteiger partial charge < -0.3 is 10.3 Å². The molecule has 15 heavy (non-hydrogen) atoms. The predicted molar refractivity (Wildman–Crippen MR) is 62.6 cm³/mol. The Morgan fingerprint density at radius 1 is 1.40 bits per heavy atom. The van der Waals surface area contributed by atoms with Gasteiger partial charge in [0.25, 0.3) is 0 Å². The Labute approximate surface area is 89.9 Å². The van der Waals surface area contributed by atoms with Gasteiger partial charge in [-0.15, -0.1) is 0 Å². The van der Waals surface area contributed by atoms with E-state index in [0.717, 1.165) is 18.5 Å². The van der Waals surface area contributed by atoms with Gasteiger partial charge in [-0.25, -0.2) is 4.98 Å². The molecular formula is C12H17N3. The molecule has 3 nitrogen and oxygen atoms in total. The summed E-state index contributed by atoms with van der Waals surface area (Å²) >= 11 is 0. The molecule has 2 rings (SSSR count). The molecule has 0 bridgehead atoms. The van der Waals surface area contributed by atoms with E-state index < -0.39 is 0 Å². The van der Waals surface area contributed by atoms with Crippen LogP contribution < -0.4 is 5.73 Å². The summed E-state index contributed by atoms with van der Waals surface area (Å²) in [6.45, 7) is 5.17. The van der Waals surface area contributed by atoms with Crippen LogP contribution in [-0.4, -0.2) is 9.55 Å². The molecule has 1 unspecified atom stereocenters. The van der Waals surface area contributed by atoms with Crippen LogP contribution in [0, 0.1) is 0 Å². The molecule has 2 aromatic rings. The van der Waals surface area contributed by atoms with Gasteiger partial charge in [0.1, 0.15) is 0 Å². The molecule has 1 atom stereocenters. The monoisotopic (exact) mass is 203 g/mol. The van der Waals surface area contributed by atoms with E-state index >= 15 is 0 Å². The van der Waals surface area contributed by atoms with Crippen molar-refractivity contribution in [3.05, 3.63) is 30.1 Å². The smallest absolute Gasteiger partial charge is 0.0958 e. The van der Waals surface area contributed by atoms with Crippen molar-refractivity contribution in [1.29, 1.82) is 0 Å². The summed E-state index contributed by atoms with van der Waals surface area (Å²) in [7, 11) is 0. The summed E-state index contributed by atoms with van der Waals surface area (Å²) in [5, 5.41) is 0. The molecule has 0 aliphatic rings. The topological polar surface area (TPSA) is 43.8 Å². The van der Waals surface area contributed by atoms with E-state index in [2.05, 4.69) is 41.6 Å². The van der Waals surface area contributed by atoms with Crippen molar-refractivity contribution in [1.82, 2.24) is 9.55 Å². The van der Waals surface area contributed by atoms with E-state index in [1.165, 1.54) is 11.1 Å². The van der Waals surface area contributed by atoms with Crippen LogP contribution in [0.4, 0.5) is 0 Å². The highest BCUT2D eigenvalue weighted by Crippen LogP contribution is 2.19. The highest BCUT2D eigenvalue weighted by atomic mass is 15.0. The van der Waals surface area contributed by atoms with Crippen molar-refractivity contribution in [2.45, 2.75) is 32.9 Å². The maximum Gasteiger partial charge on any atom is 0.0958 e. The highest BCUT2D eigenvalue weighted by Gasteiger charge is 2.06. The average Bonchev–Trinajstić information content (AvgIpc) is 2.69. The van der Waals surface area contributed by atoms with E-state index in [1.807, 2.05) is 6.33 Å². The molecule has 0 aliphatic heterocycles. The largest absolute Gasteiger partial charge is 0.331 e. The molecule has 1 heterocycles. The first-order chi connectivity index (χ1) is 7.26. The molecule has 1 aromatic heterocycles. The zero-order valence-electron chi connectivity index (χ0n) is 9.27. The fourth-order valence-electron chi connectivity index (χ4n) is 1.80. The normalized spacial score (nSPS) is 13.3. The van der Waals surface area contributed by atoms with Crippen LogP contribution in [-0.2, 0) is 6.54 Å². The summed E-state index contributed by atoms with van der Waals surface area (Å²) in [4.78, 5) is 4.37. The number of imidazole rings is 1. The van der Waals surface area contributed by atoms with E-state index in [-0.39, 0.29) is 6.04 Å². The van der Waals surface area contributed by atoms with Gasteiger partial charge in [-0.05, 0) is 31.0 Å². The molecule has 1 aromatic carbocycles. The molecule has 0 aliphatic carbocycles. The minimum atomic E-state index is 0.126. The number of hydrogen-bond donors (Lipinski definition) is 1. The zero-order chi connectivity index (χ0) is 10.8. The van der Waals surface area contributed by atoms with E-state index in [9.17, 15) is 0 Å². The third-order valence-electron chi connectivity index (χ3n) is 2.85. The van der Waals surface area contributed by atoms with Crippen LogP contribution >= 0.6 is 0 Å². The van der Waals surface area contributed by atoms with Crippen LogP contribution in [0.25, 0.3) is 11.0 Å². The Kier molecular flexibility index (Phi) is 2.73. The van der Waals surface area contributed by atoms with Crippen molar-refractivity contribution in [2.24, 2.45) is 5.73 Å². The lowest BCUT2D eigenvalue weighted by Crippen LogP contribution is -2.08. The average molecular weight is 203 g/mol. The summed E-state index contributed by atoms with van der Waals surface area (Å²) in [6.07, 6.45) is 2.84. The Morgan fingerprint density at radius 2 is 2.20 bits per heavy atom. The number of hydrogen-bond acceptors (Lipinski definition) is 2. The summed E-state index contributed by atoms with van der Waals surface area (Å²) in [5.41, 5.74) is 9.39. The lowest BCUT2D eigenvalue weighted by molar-refractivity contribution is 0.699. The van der Waals surface area contributed by atoms with Gasteiger partial charge >= 0.3 is 0 Å². The fraction of sp³-hybridized carbons (Fsp3) is 0.417. The molecule has 2 N–H and O–H groups in total. The molecule has 0 fully saturated rings. The first-order valence-corrected chi connectivity index (χ1v) is 5.46. The Hall–Kier alpha value is -1.35. The Bertz CT molecular complexity index is 459. The van der Waals surface area contributed by atoms with Crippen molar-refractivity contribution < 1.29 is 0 Å². The third-order valence-corrected chi connectivity index (χ3v) is 2.85. The number of nitrogens with zero attached hydrogens (tertiary/aromatic N) is 2. The van der Waals surface area contributed by atoms with Crippen molar-refractivity contribution in [3.63, 3.8) is 0 Å². The van der Waals surface area contributed by atoms with Crippen LogP contribution in [0.15, 0.2) is 24.5 Å². The Balaban J connectivity index is 2.48. The molecule has 0 saturated heterocycles. The number of rotatable bonds is 3. The number of benzene rings is 1. The van der Waals surface area contributed by atoms with Crippen molar-refractivity contribution >= 4 is 11.0 Å². The zero-order valence-corrected chi connectivity index (χ0v) is 9.27. The lowest BCUT2D eigenvalue weighted by atomic mass is 10.1. The van der Waals surface area contributed by atoms with Crippen molar-refractivity contribution in [2.75, 3.05) is 0 Å². The fourth-order valence-corrected chi connectivity index (χ4v) is 1.80. The summed E-state index contributed by atoms with van der Waals surface area (Å²) < 4.78 is 2.14. The second-order valence-electron chi connectivity index (χ2n) is 3.79. The molecule has 80 valence electrons. The number of aromatic nitrogens is 2. The third kappa shape index (κ3) is 1.75. The molecule has 3 heteroatoms. The minimum Gasteiger partial charge on any atom is -0.331 e. The number of fused-ring (bicyclic) bond motifs is 1. The van der Waals surface area contributed by atoms with E-state index in [1.54, 1.807) is 0 Å². The van der Waals surface area contributed by atoms with Gasteiger partial charge in [-0.3, -0.25) is 0 Å². The van der Waals surface area contributed by atoms with Gasteiger partial charge in [-0.2, -0.15) is 0 Å². The first kappa shape index (κ1) is 10.2. The quantitative estimate of drug-likeness (QED) is 0.832. The molecule has 0 saturated carbocycles. The van der Waals surface area contributed by atoms with E-state index in [4.69, 9.17) is 5.73 Å². The standard InChI is InChI=1S/C12H17N3/c1-3-10(13)9-5-6-12-11(7-9)14-8-15(12)4-2/h5-8,10H,3-4,13H2,1-2H3. The summed E-state index contributed by atoms with van der Waals surface area (Å²) in [5.74, 6) is 0. The SMILES string of the molecule is CCC(N)c1ccc2c(c1)ncn2CC. The van der Waals surface area contributed by atoms with E-state index in [0.29, 0.717) is 0 Å². The van der Waals surface area contributed by atoms with Crippen molar-refractivity contribution in [3.8, 4) is 0 Å². The number of nitrogens with two attached hydrogens (primary N) is 1. The maximum absolute atomic E-state index is 5.99. The van der Waals surface area contributed by atoms with Gasteiger partial charge in [0.15, 0.2) is 0 Å². The van der Waals surface area contributed by atoms with Crippen LogP contribution in [0.2, 0.25) is 0 Å². The summed E-state index contributed by atoms with van der Waals surface area (Å²) in [6, 6.07) is 6.43. The highest BCUT2D eigenvalue weighted by molar-refractivity contribution is 5.76. The second kappa shape index (κ2) is 4.03. The van der Waals surface area contributed by atoms with Crippen LogP contribution in [0.1, 0.15) is 31.9 Å². The lowest BCUT2D eigenvalue weighted by Gasteiger charge is -2.08. The number of aryl methyl sites for hydroxylation is 1. The predicted octanol–water partition coefficient (Wildman–Crippen LogP) is 2.47. The molecule has 0 amide bonds. The maximum atomic E-state index is 5.99. The van der Waals surface area contributed by atoms with Crippen LogP contribution in [0.5, 0.6) is 0 Å². The molecule has 0 radical (unpaired) electrons. The first-order valence-electron chi connectivity index (χ1n) is 5.46.